The molecular formula is C13H19NO2. The molecule has 0 heterocycles. The second-order valence-corrected chi connectivity index (χ2v) is 4.55. The highest BCUT2D eigenvalue weighted by atomic mass is 16.4. The number of carboxylic acids is 1. The van der Waals surface area contributed by atoms with Crippen LogP contribution in [-0.4, -0.2) is 24.7 Å². The topological polar surface area (TPSA) is 40.5 Å². The second kappa shape index (κ2) is 5.01. The van der Waals surface area contributed by atoms with Crippen LogP contribution in [0.5, 0.6) is 0 Å². The standard InChI is InChI=1S/C13H19NO2/c1-9(2)8-14(4)12-10(3)6-5-7-11(12)13(15)16/h5-7,9H,8H2,1-4H3,(H,15,16). The minimum Gasteiger partial charge on any atom is -0.478 e. The molecule has 0 aliphatic carbocycles. The van der Waals surface area contributed by atoms with Gasteiger partial charge in [0.1, 0.15) is 0 Å². The number of rotatable bonds is 4. The van der Waals surface area contributed by atoms with Crippen LogP contribution in [0.15, 0.2) is 18.2 Å². The lowest BCUT2D eigenvalue weighted by Gasteiger charge is -2.25. The lowest BCUT2D eigenvalue weighted by Crippen LogP contribution is -2.25. The molecule has 1 rings (SSSR count). The van der Waals surface area contributed by atoms with E-state index in [0.717, 1.165) is 17.8 Å². The van der Waals surface area contributed by atoms with Crippen LogP contribution in [0.2, 0.25) is 0 Å². The van der Waals surface area contributed by atoms with Gasteiger partial charge in [-0.1, -0.05) is 26.0 Å². The van der Waals surface area contributed by atoms with E-state index in [1.54, 1.807) is 12.1 Å². The van der Waals surface area contributed by atoms with Crippen molar-refractivity contribution in [2.45, 2.75) is 20.8 Å². The Labute approximate surface area is 96.7 Å². The summed E-state index contributed by atoms with van der Waals surface area (Å²) in [5.74, 6) is -0.361. The molecule has 0 radical (unpaired) electrons. The minimum absolute atomic E-state index is 0.378. The fourth-order valence-corrected chi connectivity index (χ4v) is 1.98. The van der Waals surface area contributed by atoms with Crippen molar-refractivity contribution in [2.75, 3.05) is 18.5 Å². The van der Waals surface area contributed by atoms with Crippen molar-refractivity contribution in [2.24, 2.45) is 5.92 Å². The van der Waals surface area contributed by atoms with Crippen LogP contribution < -0.4 is 4.90 Å². The Hall–Kier alpha value is -1.51. The molecule has 0 bridgehead atoms. The molecular weight excluding hydrogens is 202 g/mol. The first-order valence-electron chi connectivity index (χ1n) is 5.47. The minimum atomic E-state index is -0.866. The molecule has 3 heteroatoms. The highest BCUT2D eigenvalue weighted by Gasteiger charge is 2.15. The monoisotopic (exact) mass is 221 g/mol. The molecule has 0 aliphatic heterocycles. The third-order valence-electron chi connectivity index (χ3n) is 2.49. The van der Waals surface area contributed by atoms with Gasteiger partial charge in [0, 0.05) is 13.6 Å². The number of aromatic carboxylic acids is 1. The van der Waals surface area contributed by atoms with Gasteiger partial charge in [-0.25, -0.2) is 4.79 Å². The second-order valence-electron chi connectivity index (χ2n) is 4.55. The van der Waals surface area contributed by atoms with E-state index in [1.807, 2.05) is 24.9 Å². The summed E-state index contributed by atoms with van der Waals surface area (Å²) in [4.78, 5) is 13.2. The van der Waals surface area contributed by atoms with Crippen LogP contribution >= 0.6 is 0 Å². The van der Waals surface area contributed by atoms with Gasteiger partial charge in [0.25, 0.3) is 0 Å². The largest absolute Gasteiger partial charge is 0.478 e. The predicted molar refractivity (Wildman–Crippen MR) is 66.2 cm³/mol. The maximum absolute atomic E-state index is 11.1. The van der Waals surface area contributed by atoms with Gasteiger partial charge in [0.2, 0.25) is 0 Å². The Kier molecular flexibility index (Phi) is 3.93. The van der Waals surface area contributed by atoms with Crippen molar-refractivity contribution in [3.63, 3.8) is 0 Å². The molecule has 0 aliphatic rings. The van der Waals surface area contributed by atoms with Gasteiger partial charge in [-0.3, -0.25) is 0 Å². The third kappa shape index (κ3) is 2.75. The SMILES string of the molecule is Cc1cccc(C(=O)O)c1N(C)CC(C)C. The molecule has 0 amide bonds. The molecule has 1 aromatic carbocycles. The first-order chi connectivity index (χ1) is 7.43. The average Bonchev–Trinajstić information content (AvgIpc) is 2.15. The molecule has 3 nitrogen and oxygen atoms in total. The Morgan fingerprint density at radius 2 is 2.06 bits per heavy atom. The van der Waals surface area contributed by atoms with Crippen molar-refractivity contribution >= 4 is 11.7 Å². The summed E-state index contributed by atoms with van der Waals surface area (Å²) in [6.45, 7) is 7.04. The van der Waals surface area contributed by atoms with E-state index in [4.69, 9.17) is 5.11 Å². The maximum Gasteiger partial charge on any atom is 0.337 e. The van der Waals surface area contributed by atoms with E-state index >= 15 is 0 Å². The van der Waals surface area contributed by atoms with Crippen molar-refractivity contribution < 1.29 is 9.90 Å². The summed E-state index contributed by atoms with van der Waals surface area (Å²) < 4.78 is 0. The molecule has 88 valence electrons. The summed E-state index contributed by atoms with van der Waals surface area (Å²) >= 11 is 0. The third-order valence-corrected chi connectivity index (χ3v) is 2.49. The van der Waals surface area contributed by atoms with Gasteiger partial charge >= 0.3 is 5.97 Å². The first kappa shape index (κ1) is 12.6. The summed E-state index contributed by atoms with van der Waals surface area (Å²) in [6.07, 6.45) is 0. The number of benzene rings is 1. The van der Waals surface area contributed by atoms with Crippen molar-refractivity contribution in [3.05, 3.63) is 29.3 Å². The molecule has 0 aromatic heterocycles. The van der Waals surface area contributed by atoms with Gasteiger partial charge < -0.3 is 10.0 Å². The number of anilines is 1. The highest BCUT2D eigenvalue weighted by Crippen LogP contribution is 2.24. The molecule has 0 saturated heterocycles. The van der Waals surface area contributed by atoms with Crippen molar-refractivity contribution in [3.8, 4) is 0 Å². The lowest BCUT2D eigenvalue weighted by molar-refractivity contribution is 0.0697. The van der Waals surface area contributed by atoms with Crippen molar-refractivity contribution in [1.82, 2.24) is 0 Å². The van der Waals surface area contributed by atoms with E-state index in [9.17, 15) is 4.79 Å². The molecule has 16 heavy (non-hydrogen) atoms. The van der Waals surface area contributed by atoms with Gasteiger partial charge in [-0.15, -0.1) is 0 Å². The Morgan fingerprint density at radius 3 is 2.56 bits per heavy atom. The van der Waals surface area contributed by atoms with E-state index < -0.39 is 5.97 Å². The van der Waals surface area contributed by atoms with E-state index in [-0.39, 0.29) is 0 Å². The highest BCUT2D eigenvalue weighted by molar-refractivity contribution is 5.95. The fourth-order valence-electron chi connectivity index (χ4n) is 1.98. The molecule has 0 spiro atoms. The van der Waals surface area contributed by atoms with Gasteiger partial charge in [-0.2, -0.15) is 0 Å². The van der Waals surface area contributed by atoms with Crippen LogP contribution in [0.1, 0.15) is 29.8 Å². The quantitative estimate of drug-likeness (QED) is 0.850. The Morgan fingerprint density at radius 1 is 1.44 bits per heavy atom. The maximum atomic E-state index is 11.1. The number of carbonyl (C=O) groups is 1. The van der Waals surface area contributed by atoms with Crippen LogP contribution in [0.4, 0.5) is 5.69 Å². The number of hydrogen-bond donors (Lipinski definition) is 1. The zero-order chi connectivity index (χ0) is 12.3. The number of nitrogens with zero attached hydrogens (tertiary/aromatic N) is 1. The summed E-state index contributed by atoms with van der Waals surface area (Å²) in [7, 11) is 1.94. The normalized spacial score (nSPS) is 10.6. The predicted octanol–water partition coefficient (Wildman–Crippen LogP) is 2.79. The fraction of sp³-hybridized carbons (Fsp3) is 0.462. The zero-order valence-corrected chi connectivity index (χ0v) is 10.3. The molecule has 0 saturated carbocycles. The van der Waals surface area contributed by atoms with Crippen LogP contribution in [-0.2, 0) is 0 Å². The molecule has 0 atom stereocenters. The smallest absolute Gasteiger partial charge is 0.337 e. The van der Waals surface area contributed by atoms with Crippen LogP contribution in [0.3, 0.4) is 0 Å². The van der Waals surface area contributed by atoms with E-state index in [1.165, 1.54) is 0 Å². The van der Waals surface area contributed by atoms with Crippen molar-refractivity contribution in [1.29, 1.82) is 0 Å². The van der Waals surface area contributed by atoms with E-state index in [2.05, 4.69) is 13.8 Å². The Bertz CT molecular complexity index is 386. The lowest BCUT2D eigenvalue weighted by atomic mass is 10.1. The summed E-state index contributed by atoms with van der Waals surface area (Å²) in [5, 5.41) is 9.15. The van der Waals surface area contributed by atoms with E-state index in [0.29, 0.717) is 11.5 Å². The number of carboxylic acid groups (broad SMARTS) is 1. The molecule has 1 aromatic rings. The van der Waals surface area contributed by atoms with Crippen LogP contribution in [0.25, 0.3) is 0 Å². The molecule has 0 unspecified atom stereocenters. The number of hydrogen-bond acceptors (Lipinski definition) is 2. The first-order valence-corrected chi connectivity index (χ1v) is 5.47. The number of para-hydroxylation sites is 1. The molecule has 0 fully saturated rings. The van der Waals surface area contributed by atoms with Gasteiger partial charge in [-0.05, 0) is 24.5 Å². The van der Waals surface area contributed by atoms with Gasteiger partial charge in [0.05, 0.1) is 11.3 Å². The zero-order valence-electron chi connectivity index (χ0n) is 10.3. The average molecular weight is 221 g/mol. The Balaban J connectivity index is 3.14. The summed E-state index contributed by atoms with van der Waals surface area (Å²) in [5.41, 5.74) is 2.20. The van der Waals surface area contributed by atoms with Gasteiger partial charge in [0.15, 0.2) is 0 Å². The summed E-state index contributed by atoms with van der Waals surface area (Å²) in [6, 6.07) is 5.38. The number of aryl methyl sites for hydroxylation is 1. The van der Waals surface area contributed by atoms with Crippen LogP contribution in [0, 0.1) is 12.8 Å². The molecule has 1 N–H and O–H groups in total.